The van der Waals surface area contributed by atoms with E-state index in [1.54, 1.807) is 0 Å². The van der Waals surface area contributed by atoms with Gasteiger partial charge in [0.1, 0.15) is 12.1 Å². The molecule has 0 aromatic carbocycles. The van der Waals surface area contributed by atoms with Crippen LogP contribution in [0, 0.1) is 0 Å². The average Bonchev–Trinajstić information content (AvgIpc) is 2.15. The van der Waals surface area contributed by atoms with E-state index in [0.717, 1.165) is 0 Å². The van der Waals surface area contributed by atoms with Crippen LogP contribution in [0.1, 0.15) is 17.3 Å². The third-order valence-electron chi connectivity index (χ3n) is 1.50. The highest BCUT2D eigenvalue weighted by molar-refractivity contribution is 7.80. The predicted molar refractivity (Wildman–Crippen MR) is 54.4 cm³/mol. The summed E-state index contributed by atoms with van der Waals surface area (Å²) in [5, 5.41) is 3.00. The van der Waals surface area contributed by atoms with Gasteiger partial charge in [-0.2, -0.15) is 12.6 Å². The minimum absolute atomic E-state index is 0.0396. The number of rotatable bonds is 4. The van der Waals surface area contributed by atoms with Gasteiger partial charge in [0.15, 0.2) is 5.78 Å². The molecule has 0 saturated heterocycles. The molecule has 1 rings (SSSR count). The molecule has 0 bridgehead atoms. The normalized spacial score (nSPS) is 9.69. The first-order chi connectivity index (χ1) is 6.25. The van der Waals surface area contributed by atoms with Crippen molar-refractivity contribution < 1.29 is 4.79 Å². The van der Waals surface area contributed by atoms with E-state index in [0.29, 0.717) is 23.7 Å². The summed E-state index contributed by atoms with van der Waals surface area (Å²) >= 11 is 4.05. The number of Topliss-reactive ketones (excluding diaryl/α,β-unsaturated/α-hetero) is 1. The Kier molecular flexibility index (Phi) is 3.70. The predicted octanol–water partition coefficient (Wildman–Crippen LogP) is 1.02. The number of nitrogens with one attached hydrogen (secondary N) is 1. The van der Waals surface area contributed by atoms with Crippen molar-refractivity contribution in [2.75, 3.05) is 17.6 Å². The Labute approximate surface area is 82.2 Å². The zero-order chi connectivity index (χ0) is 9.68. The molecule has 4 nitrogen and oxygen atoms in total. The molecule has 0 fully saturated rings. The fourth-order valence-corrected chi connectivity index (χ4v) is 1.01. The molecule has 1 N–H and O–H groups in total. The van der Waals surface area contributed by atoms with Crippen molar-refractivity contribution in [1.29, 1.82) is 0 Å². The SMILES string of the molecule is CC(=O)c1cncnc1NCCS. The molecule has 0 radical (unpaired) electrons. The topological polar surface area (TPSA) is 54.9 Å². The number of hydrogen-bond donors (Lipinski definition) is 2. The molecule has 0 spiro atoms. The van der Waals surface area contributed by atoms with Crippen LogP contribution in [0.3, 0.4) is 0 Å². The minimum atomic E-state index is -0.0396. The van der Waals surface area contributed by atoms with E-state index in [9.17, 15) is 4.79 Å². The fraction of sp³-hybridized carbons (Fsp3) is 0.375. The number of aromatic nitrogens is 2. The van der Waals surface area contributed by atoms with Gasteiger partial charge in [0, 0.05) is 18.5 Å². The standard InChI is InChI=1S/C8H11N3OS/c1-6(12)7-4-9-5-11-8(7)10-2-3-13/h4-5,13H,2-3H2,1H3,(H,9,10,11). The third kappa shape index (κ3) is 2.69. The quantitative estimate of drug-likeness (QED) is 0.559. The second-order valence-electron chi connectivity index (χ2n) is 2.49. The van der Waals surface area contributed by atoms with Crippen LogP contribution in [0.2, 0.25) is 0 Å². The molecule has 0 saturated carbocycles. The summed E-state index contributed by atoms with van der Waals surface area (Å²) in [5.74, 6) is 1.24. The van der Waals surface area contributed by atoms with Gasteiger partial charge in [-0.25, -0.2) is 9.97 Å². The molecule has 0 unspecified atom stereocenters. The number of carbonyl (C=O) groups is 1. The van der Waals surface area contributed by atoms with Gasteiger partial charge in [-0.3, -0.25) is 4.79 Å². The van der Waals surface area contributed by atoms with Crippen LogP contribution in [0.15, 0.2) is 12.5 Å². The Morgan fingerprint density at radius 2 is 2.46 bits per heavy atom. The van der Waals surface area contributed by atoms with E-state index >= 15 is 0 Å². The van der Waals surface area contributed by atoms with Crippen LogP contribution in [-0.4, -0.2) is 28.0 Å². The van der Waals surface area contributed by atoms with Gasteiger partial charge < -0.3 is 5.32 Å². The van der Waals surface area contributed by atoms with Crippen LogP contribution in [-0.2, 0) is 0 Å². The second kappa shape index (κ2) is 4.81. The summed E-state index contributed by atoms with van der Waals surface area (Å²) in [6.45, 7) is 2.17. The molecular formula is C8H11N3OS. The van der Waals surface area contributed by atoms with Crippen molar-refractivity contribution >= 4 is 24.2 Å². The van der Waals surface area contributed by atoms with Crippen molar-refractivity contribution in [2.24, 2.45) is 0 Å². The molecule has 1 aromatic rings. The molecular weight excluding hydrogens is 186 g/mol. The van der Waals surface area contributed by atoms with E-state index in [1.165, 1.54) is 19.4 Å². The smallest absolute Gasteiger partial charge is 0.165 e. The van der Waals surface area contributed by atoms with Crippen LogP contribution in [0.4, 0.5) is 5.82 Å². The number of hydrogen-bond acceptors (Lipinski definition) is 5. The molecule has 0 atom stereocenters. The highest BCUT2D eigenvalue weighted by atomic mass is 32.1. The highest BCUT2D eigenvalue weighted by Crippen LogP contribution is 2.09. The summed E-state index contributed by atoms with van der Waals surface area (Å²) < 4.78 is 0. The molecule has 1 heterocycles. The third-order valence-corrected chi connectivity index (χ3v) is 1.72. The van der Waals surface area contributed by atoms with E-state index in [-0.39, 0.29) is 5.78 Å². The first-order valence-corrected chi connectivity index (χ1v) is 4.54. The number of ketones is 1. The van der Waals surface area contributed by atoms with Gasteiger partial charge in [0.25, 0.3) is 0 Å². The van der Waals surface area contributed by atoms with E-state index in [4.69, 9.17) is 0 Å². The summed E-state index contributed by atoms with van der Waals surface area (Å²) in [5.41, 5.74) is 0.518. The lowest BCUT2D eigenvalue weighted by Gasteiger charge is -2.05. The van der Waals surface area contributed by atoms with Crippen molar-refractivity contribution in [2.45, 2.75) is 6.92 Å². The lowest BCUT2D eigenvalue weighted by Crippen LogP contribution is -2.09. The van der Waals surface area contributed by atoms with Gasteiger partial charge in [0.2, 0.25) is 0 Å². The summed E-state index contributed by atoms with van der Waals surface area (Å²) in [6, 6.07) is 0. The molecule has 1 aromatic heterocycles. The van der Waals surface area contributed by atoms with Crippen LogP contribution in [0.25, 0.3) is 0 Å². The number of nitrogens with zero attached hydrogens (tertiary/aromatic N) is 2. The van der Waals surface area contributed by atoms with Crippen molar-refractivity contribution in [3.05, 3.63) is 18.1 Å². The van der Waals surface area contributed by atoms with Crippen LogP contribution < -0.4 is 5.32 Å². The number of carbonyl (C=O) groups excluding carboxylic acids is 1. The second-order valence-corrected chi connectivity index (χ2v) is 2.94. The maximum atomic E-state index is 11.1. The molecule has 0 aliphatic carbocycles. The van der Waals surface area contributed by atoms with Crippen LogP contribution >= 0.6 is 12.6 Å². The Bertz CT molecular complexity index is 303. The zero-order valence-electron chi connectivity index (χ0n) is 7.32. The highest BCUT2D eigenvalue weighted by Gasteiger charge is 2.06. The van der Waals surface area contributed by atoms with E-state index in [2.05, 4.69) is 27.9 Å². The van der Waals surface area contributed by atoms with Gasteiger partial charge >= 0.3 is 0 Å². The van der Waals surface area contributed by atoms with Crippen molar-refractivity contribution in [3.63, 3.8) is 0 Å². The molecule has 0 aliphatic rings. The van der Waals surface area contributed by atoms with Crippen molar-refractivity contribution in [1.82, 2.24) is 9.97 Å². The summed E-state index contributed by atoms with van der Waals surface area (Å²) in [7, 11) is 0. The number of anilines is 1. The van der Waals surface area contributed by atoms with Crippen molar-refractivity contribution in [3.8, 4) is 0 Å². The Morgan fingerprint density at radius 3 is 3.08 bits per heavy atom. The Hall–Kier alpha value is -1.10. The zero-order valence-corrected chi connectivity index (χ0v) is 8.21. The average molecular weight is 197 g/mol. The first kappa shape index (κ1) is 9.98. The lowest BCUT2D eigenvalue weighted by molar-refractivity contribution is 0.101. The molecule has 13 heavy (non-hydrogen) atoms. The summed E-state index contributed by atoms with van der Waals surface area (Å²) in [6.07, 6.45) is 2.92. The first-order valence-electron chi connectivity index (χ1n) is 3.91. The largest absolute Gasteiger partial charge is 0.369 e. The van der Waals surface area contributed by atoms with Crippen LogP contribution in [0.5, 0.6) is 0 Å². The maximum absolute atomic E-state index is 11.1. The van der Waals surface area contributed by atoms with Gasteiger partial charge in [-0.1, -0.05) is 0 Å². The fourth-order valence-electron chi connectivity index (χ4n) is 0.902. The van der Waals surface area contributed by atoms with E-state index in [1.807, 2.05) is 0 Å². The van der Waals surface area contributed by atoms with E-state index < -0.39 is 0 Å². The van der Waals surface area contributed by atoms with Gasteiger partial charge in [-0.05, 0) is 6.92 Å². The Balaban J connectivity index is 2.84. The van der Waals surface area contributed by atoms with Gasteiger partial charge in [0.05, 0.1) is 5.56 Å². The summed E-state index contributed by atoms with van der Waals surface area (Å²) in [4.78, 5) is 18.8. The maximum Gasteiger partial charge on any atom is 0.165 e. The Morgan fingerprint density at radius 1 is 1.69 bits per heavy atom. The molecule has 70 valence electrons. The molecule has 0 aliphatic heterocycles. The number of thiol groups is 1. The minimum Gasteiger partial charge on any atom is -0.369 e. The molecule has 5 heteroatoms. The monoisotopic (exact) mass is 197 g/mol. The molecule has 0 amide bonds. The lowest BCUT2D eigenvalue weighted by atomic mass is 10.2. The van der Waals surface area contributed by atoms with Gasteiger partial charge in [-0.15, -0.1) is 0 Å².